The molecule has 1 amide bonds. The van der Waals surface area contributed by atoms with Gasteiger partial charge in [-0.15, -0.1) is 0 Å². The molecule has 0 N–H and O–H groups in total. The first-order chi connectivity index (χ1) is 6.45. The molecule has 0 saturated heterocycles. The molecule has 0 aromatic rings. The Balaban J connectivity index is 4.88. The predicted molar refractivity (Wildman–Crippen MR) is 56.5 cm³/mol. The summed E-state index contributed by atoms with van der Waals surface area (Å²) in [5.41, 5.74) is -0.820. The lowest BCUT2D eigenvalue weighted by Crippen LogP contribution is -2.43. The van der Waals surface area contributed by atoms with Gasteiger partial charge in [0.25, 0.3) is 0 Å². The number of nitrogens with zero attached hydrogens (tertiary/aromatic N) is 2. The third-order valence-electron chi connectivity index (χ3n) is 2.93. The monoisotopic (exact) mass is 196 g/mol. The van der Waals surface area contributed by atoms with Gasteiger partial charge in [-0.05, 0) is 26.7 Å². The highest BCUT2D eigenvalue weighted by Crippen LogP contribution is 2.28. The predicted octanol–water partition coefficient (Wildman–Crippen LogP) is 2.18. The molecule has 0 rings (SSSR count). The van der Waals surface area contributed by atoms with Crippen molar-refractivity contribution in [3.63, 3.8) is 0 Å². The van der Waals surface area contributed by atoms with Crippen LogP contribution in [0.5, 0.6) is 0 Å². The van der Waals surface area contributed by atoms with Gasteiger partial charge >= 0.3 is 0 Å². The number of carbonyl (C=O) groups is 1. The SMILES string of the molecule is CCC(C#N)(CC)C(=O)N(C)C(C)C. The third-order valence-corrected chi connectivity index (χ3v) is 2.93. The van der Waals surface area contributed by atoms with Crippen molar-refractivity contribution in [2.75, 3.05) is 7.05 Å². The second kappa shape index (κ2) is 4.99. The average molecular weight is 196 g/mol. The highest BCUT2D eigenvalue weighted by molar-refractivity contribution is 5.85. The second-order valence-electron chi connectivity index (χ2n) is 3.91. The quantitative estimate of drug-likeness (QED) is 0.691. The van der Waals surface area contributed by atoms with Crippen molar-refractivity contribution < 1.29 is 4.79 Å². The summed E-state index contributed by atoms with van der Waals surface area (Å²) in [4.78, 5) is 13.7. The van der Waals surface area contributed by atoms with E-state index < -0.39 is 5.41 Å². The molecule has 3 nitrogen and oxygen atoms in total. The van der Waals surface area contributed by atoms with Crippen molar-refractivity contribution in [1.29, 1.82) is 5.26 Å². The summed E-state index contributed by atoms with van der Waals surface area (Å²) >= 11 is 0. The van der Waals surface area contributed by atoms with E-state index in [1.54, 1.807) is 11.9 Å². The molecule has 0 fully saturated rings. The molecule has 80 valence electrons. The van der Waals surface area contributed by atoms with E-state index in [1.807, 2.05) is 27.7 Å². The second-order valence-corrected chi connectivity index (χ2v) is 3.91. The van der Waals surface area contributed by atoms with Crippen LogP contribution in [0.4, 0.5) is 0 Å². The highest BCUT2D eigenvalue weighted by Gasteiger charge is 2.37. The Morgan fingerprint density at radius 3 is 2.07 bits per heavy atom. The van der Waals surface area contributed by atoms with Crippen LogP contribution in [0, 0.1) is 16.7 Å². The van der Waals surface area contributed by atoms with Crippen LogP contribution < -0.4 is 0 Å². The van der Waals surface area contributed by atoms with Crippen LogP contribution in [0.15, 0.2) is 0 Å². The van der Waals surface area contributed by atoms with E-state index in [9.17, 15) is 4.79 Å². The van der Waals surface area contributed by atoms with Gasteiger partial charge < -0.3 is 4.90 Å². The van der Waals surface area contributed by atoms with Crippen molar-refractivity contribution in [2.45, 2.75) is 46.6 Å². The first-order valence-electron chi connectivity index (χ1n) is 5.13. The molecule has 0 aromatic carbocycles. The Morgan fingerprint density at radius 1 is 1.43 bits per heavy atom. The largest absolute Gasteiger partial charge is 0.342 e. The summed E-state index contributed by atoms with van der Waals surface area (Å²) in [5, 5.41) is 9.08. The lowest BCUT2D eigenvalue weighted by molar-refractivity contribution is -0.139. The van der Waals surface area contributed by atoms with E-state index in [4.69, 9.17) is 5.26 Å². The van der Waals surface area contributed by atoms with Crippen LogP contribution >= 0.6 is 0 Å². The minimum atomic E-state index is -0.820. The molecule has 0 bridgehead atoms. The van der Waals surface area contributed by atoms with Crippen LogP contribution in [0.2, 0.25) is 0 Å². The van der Waals surface area contributed by atoms with Gasteiger partial charge in [-0.2, -0.15) is 5.26 Å². The summed E-state index contributed by atoms with van der Waals surface area (Å²) in [7, 11) is 1.75. The summed E-state index contributed by atoms with van der Waals surface area (Å²) in [6, 6.07) is 2.31. The van der Waals surface area contributed by atoms with Crippen LogP contribution in [0.25, 0.3) is 0 Å². The molecule has 0 spiro atoms. The maximum atomic E-state index is 12.0. The van der Waals surface area contributed by atoms with E-state index in [0.717, 1.165) is 0 Å². The normalized spacial score (nSPS) is 11.2. The minimum Gasteiger partial charge on any atom is -0.342 e. The molecule has 0 radical (unpaired) electrons. The summed E-state index contributed by atoms with van der Waals surface area (Å²) in [6.45, 7) is 7.67. The smallest absolute Gasteiger partial charge is 0.242 e. The van der Waals surface area contributed by atoms with Crippen molar-refractivity contribution in [2.24, 2.45) is 5.41 Å². The molecule has 0 heterocycles. The molecule has 0 aliphatic carbocycles. The summed E-state index contributed by atoms with van der Waals surface area (Å²) in [5.74, 6) is -0.0556. The number of amides is 1. The summed E-state index contributed by atoms with van der Waals surface area (Å²) in [6.07, 6.45) is 1.16. The topological polar surface area (TPSA) is 44.1 Å². The molecule has 3 heteroatoms. The maximum absolute atomic E-state index is 12.0. The maximum Gasteiger partial charge on any atom is 0.242 e. The Hall–Kier alpha value is -1.04. The van der Waals surface area contributed by atoms with E-state index in [-0.39, 0.29) is 11.9 Å². The zero-order valence-corrected chi connectivity index (χ0v) is 9.79. The van der Waals surface area contributed by atoms with Gasteiger partial charge in [-0.1, -0.05) is 13.8 Å². The highest BCUT2D eigenvalue weighted by atomic mass is 16.2. The number of hydrogen-bond donors (Lipinski definition) is 0. The Morgan fingerprint density at radius 2 is 1.86 bits per heavy atom. The van der Waals surface area contributed by atoms with Crippen molar-refractivity contribution in [3.05, 3.63) is 0 Å². The molecule has 0 atom stereocenters. The molecular weight excluding hydrogens is 176 g/mol. The van der Waals surface area contributed by atoms with E-state index in [2.05, 4.69) is 6.07 Å². The molecule has 14 heavy (non-hydrogen) atoms. The zero-order valence-electron chi connectivity index (χ0n) is 9.79. The first kappa shape index (κ1) is 13.0. The molecule has 0 aliphatic heterocycles. The number of nitriles is 1. The fraction of sp³-hybridized carbons (Fsp3) is 0.818. The molecular formula is C11H20N2O. The summed E-state index contributed by atoms with van der Waals surface area (Å²) < 4.78 is 0. The Bertz CT molecular complexity index is 236. The standard InChI is InChI=1S/C11H20N2O/c1-6-11(7-2,8-12)10(14)13(5)9(3)4/h9H,6-7H2,1-5H3. The van der Waals surface area contributed by atoms with Gasteiger partial charge in [-0.3, -0.25) is 4.79 Å². The van der Waals surface area contributed by atoms with Crippen molar-refractivity contribution in [1.82, 2.24) is 4.90 Å². The van der Waals surface area contributed by atoms with Gasteiger partial charge in [0.1, 0.15) is 5.41 Å². The number of rotatable bonds is 4. The van der Waals surface area contributed by atoms with E-state index in [0.29, 0.717) is 12.8 Å². The lowest BCUT2D eigenvalue weighted by atomic mass is 9.82. The fourth-order valence-corrected chi connectivity index (χ4v) is 1.33. The Kier molecular flexibility index (Phi) is 4.62. The lowest BCUT2D eigenvalue weighted by Gasteiger charge is -2.30. The van der Waals surface area contributed by atoms with E-state index >= 15 is 0 Å². The molecule has 0 unspecified atom stereocenters. The third kappa shape index (κ3) is 2.25. The Labute approximate surface area is 86.7 Å². The van der Waals surface area contributed by atoms with Gasteiger partial charge in [0.2, 0.25) is 5.91 Å². The average Bonchev–Trinajstić information content (AvgIpc) is 2.19. The number of carbonyl (C=O) groups excluding carboxylic acids is 1. The fourth-order valence-electron chi connectivity index (χ4n) is 1.33. The number of hydrogen-bond acceptors (Lipinski definition) is 2. The molecule has 0 aromatic heterocycles. The molecule has 0 aliphatic rings. The van der Waals surface area contributed by atoms with Gasteiger partial charge in [0.05, 0.1) is 6.07 Å². The zero-order chi connectivity index (χ0) is 11.4. The van der Waals surface area contributed by atoms with Gasteiger partial charge in [-0.25, -0.2) is 0 Å². The van der Waals surface area contributed by atoms with Gasteiger partial charge in [0, 0.05) is 13.1 Å². The minimum absolute atomic E-state index is 0.0556. The molecule has 0 saturated carbocycles. The van der Waals surface area contributed by atoms with Crippen LogP contribution in [-0.4, -0.2) is 23.9 Å². The first-order valence-corrected chi connectivity index (χ1v) is 5.13. The van der Waals surface area contributed by atoms with Crippen molar-refractivity contribution in [3.8, 4) is 6.07 Å². The van der Waals surface area contributed by atoms with Crippen LogP contribution in [0.1, 0.15) is 40.5 Å². The van der Waals surface area contributed by atoms with Crippen LogP contribution in [0.3, 0.4) is 0 Å². The van der Waals surface area contributed by atoms with Crippen molar-refractivity contribution >= 4 is 5.91 Å². The van der Waals surface area contributed by atoms with Gasteiger partial charge in [0.15, 0.2) is 0 Å². The van der Waals surface area contributed by atoms with E-state index in [1.165, 1.54) is 0 Å². The van der Waals surface area contributed by atoms with Crippen LogP contribution in [-0.2, 0) is 4.79 Å².